The van der Waals surface area contributed by atoms with E-state index in [1.807, 2.05) is 0 Å². The molecule has 18 heavy (non-hydrogen) atoms. The first-order valence-corrected chi connectivity index (χ1v) is 9.25. The van der Waals surface area contributed by atoms with Crippen LogP contribution in [0.3, 0.4) is 0 Å². The summed E-state index contributed by atoms with van der Waals surface area (Å²) in [5.74, 6) is 1.26. The lowest BCUT2D eigenvalue weighted by Gasteiger charge is -2.32. The van der Waals surface area contributed by atoms with Gasteiger partial charge in [0.2, 0.25) is 0 Å². The Kier molecular flexibility index (Phi) is 4.55. The second kappa shape index (κ2) is 5.79. The molecule has 0 atom stereocenters. The first-order valence-electron chi connectivity index (χ1n) is 6.20. The lowest BCUT2D eigenvalue weighted by molar-refractivity contribution is 0.0555. The predicted octanol–water partition coefficient (Wildman–Crippen LogP) is 0.663. The number of nitrogens with zero attached hydrogens (tertiary/aromatic N) is 1. The number of nitrogens with one attached hydrogen (secondary N) is 1. The largest absolute Gasteiger partial charge is 0.381 e. The molecule has 2 aliphatic rings. The number of ether oxygens (including phenoxy) is 1. The molecule has 0 aromatic rings. The van der Waals surface area contributed by atoms with E-state index in [9.17, 15) is 8.42 Å². The normalized spacial score (nSPS) is 25.5. The summed E-state index contributed by atoms with van der Waals surface area (Å²) in [6.45, 7) is 2.21. The summed E-state index contributed by atoms with van der Waals surface area (Å²) in [6.07, 6.45) is 3.92. The zero-order chi connectivity index (χ0) is 13.1. The maximum absolute atomic E-state index is 11.0. The molecular weight excluding hydrogens is 272 g/mol. The van der Waals surface area contributed by atoms with E-state index in [2.05, 4.69) is 10.3 Å². The molecule has 2 aliphatic heterocycles. The summed E-state index contributed by atoms with van der Waals surface area (Å²) in [4.78, 5) is 4.44. The molecule has 1 N–H and O–H groups in total. The van der Waals surface area contributed by atoms with Crippen molar-refractivity contribution in [1.82, 2.24) is 5.32 Å². The molecule has 104 valence electrons. The molecule has 0 bridgehead atoms. The average Bonchev–Trinajstić information content (AvgIpc) is 2.68. The van der Waals surface area contributed by atoms with Crippen LogP contribution in [0.1, 0.15) is 19.3 Å². The molecule has 0 aliphatic carbocycles. The van der Waals surface area contributed by atoms with Gasteiger partial charge in [-0.2, -0.15) is 0 Å². The number of aliphatic imine (C=N–C) groups is 1. The van der Waals surface area contributed by atoms with E-state index >= 15 is 0 Å². The van der Waals surface area contributed by atoms with Crippen LogP contribution in [-0.4, -0.2) is 56.6 Å². The quantitative estimate of drug-likeness (QED) is 0.771. The Morgan fingerprint density at radius 1 is 1.44 bits per heavy atom. The van der Waals surface area contributed by atoms with E-state index in [-0.39, 0.29) is 11.3 Å². The molecule has 0 unspecified atom stereocenters. The Morgan fingerprint density at radius 3 is 2.83 bits per heavy atom. The molecule has 0 radical (unpaired) electrons. The zero-order valence-corrected chi connectivity index (χ0v) is 12.3. The second-order valence-electron chi connectivity index (χ2n) is 4.98. The van der Waals surface area contributed by atoms with Gasteiger partial charge in [-0.1, -0.05) is 11.8 Å². The lowest BCUT2D eigenvalue weighted by atomic mass is 9.93. The van der Waals surface area contributed by atoms with Gasteiger partial charge >= 0.3 is 0 Å². The van der Waals surface area contributed by atoms with Crippen molar-refractivity contribution in [1.29, 1.82) is 0 Å². The minimum absolute atomic E-state index is 0.165. The van der Waals surface area contributed by atoms with Gasteiger partial charge in [-0.25, -0.2) is 8.42 Å². The Hall–Kier alpha value is -0.270. The third-order valence-corrected chi connectivity index (χ3v) is 5.47. The molecule has 1 spiro atoms. The van der Waals surface area contributed by atoms with Gasteiger partial charge in [0, 0.05) is 31.8 Å². The SMILES string of the molecule is CS(=O)(=O)CCCN=C1NC2(CCOCC2)CS1. The van der Waals surface area contributed by atoms with Gasteiger partial charge in [0.15, 0.2) is 5.17 Å². The molecule has 2 rings (SSSR count). The average molecular weight is 292 g/mol. The van der Waals surface area contributed by atoms with Crippen LogP contribution in [0.2, 0.25) is 0 Å². The fourth-order valence-corrected chi connectivity index (χ4v) is 4.03. The summed E-state index contributed by atoms with van der Waals surface area (Å²) in [5, 5.41) is 4.45. The van der Waals surface area contributed by atoms with Crippen LogP contribution in [0.5, 0.6) is 0 Å². The van der Waals surface area contributed by atoms with E-state index in [0.717, 1.165) is 37.0 Å². The van der Waals surface area contributed by atoms with Crippen LogP contribution < -0.4 is 5.32 Å². The Labute approximate surface area is 113 Å². The summed E-state index contributed by atoms with van der Waals surface area (Å²) in [5.41, 5.74) is 0.165. The topological polar surface area (TPSA) is 67.8 Å². The van der Waals surface area contributed by atoms with Crippen molar-refractivity contribution in [2.24, 2.45) is 4.99 Å². The molecule has 2 heterocycles. The van der Waals surface area contributed by atoms with Gasteiger partial charge < -0.3 is 10.1 Å². The molecule has 0 aromatic heterocycles. The second-order valence-corrected chi connectivity index (χ2v) is 8.20. The minimum Gasteiger partial charge on any atom is -0.381 e. The lowest BCUT2D eigenvalue weighted by Crippen LogP contribution is -2.48. The van der Waals surface area contributed by atoms with Gasteiger partial charge in [0.25, 0.3) is 0 Å². The highest BCUT2D eigenvalue weighted by atomic mass is 32.2. The maximum Gasteiger partial charge on any atom is 0.157 e. The minimum atomic E-state index is -2.86. The van der Waals surface area contributed by atoms with Crippen molar-refractivity contribution in [3.63, 3.8) is 0 Å². The molecule has 7 heteroatoms. The van der Waals surface area contributed by atoms with E-state index in [0.29, 0.717) is 13.0 Å². The van der Waals surface area contributed by atoms with Gasteiger partial charge in [0.1, 0.15) is 9.84 Å². The molecule has 0 saturated carbocycles. The van der Waals surface area contributed by atoms with Crippen molar-refractivity contribution < 1.29 is 13.2 Å². The van der Waals surface area contributed by atoms with Crippen molar-refractivity contribution in [3.05, 3.63) is 0 Å². The summed E-state index contributed by atoms with van der Waals surface area (Å²) >= 11 is 1.74. The predicted molar refractivity (Wildman–Crippen MR) is 75.0 cm³/mol. The van der Waals surface area contributed by atoms with Crippen molar-refractivity contribution in [3.8, 4) is 0 Å². The Balaban J connectivity index is 1.77. The molecule has 0 aromatic carbocycles. The molecular formula is C11H20N2O3S2. The summed E-state index contributed by atoms with van der Waals surface area (Å²) in [7, 11) is -2.86. The monoisotopic (exact) mass is 292 g/mol. The van der Waals surface area contributed by atoms with Crippen LogP contribution in [0, 0.1) is 0 Å². The van der Waals surface area contributed by atoms with Crippen LogP contribution in [-0.2, 0) is 14.6 Å². The first kappa shape index (κ1) is 14.1. The van der Waals surface area contributed by atoms with E-state index < -0.39 is 9.84 Å². The fraction of sp³-hybridized carbons (Fsp3) is 0.909. The third-order valence-electron chi connectivity index (χ3n) is 3.24. The molecule has 2 fully saturated rings. The number of rotatable bonds is 4. The van der Waals surface area contributed by atoms with E-state index in [4.69, 9.17) is 4.74 Å². The maximum atomic E-state index is 11.0. The third kappa shape index (κ3) is 4.13. The number of amidine groups is 1. The standard InChI is InChI=1S/C11H20N2O3S2/c1-18(14,15)8-2-5-12-10-13-11(9-17-10)3-6-16-7-4-11/h2-9H2,1H3,(H,12,13). The first-order chi connectivity index (χ1) is 8.49. The zero-order valence-electron chi connectivity index (χ0n) is 10.6. The van der Waals surface area contributed by atoms with Crippen LogP contribution >= 0.6 is 11.8 Å². The van der Waals surface area contributed by atoms with Gasteiger partial charge in [-0.05, 0) is 19.3 Å². The Bertz CT molecular complexity index is 414. The van der Waals surface area contributed by atoms with Gasteiger partial charge in [0.05, 0.1) is 11.3 Å². The van der Waals surface area contributed by atoms with Crippen molar-refractivity contribution >= 4 is 26.8 Å². The highest BCUT2D eigenvalue weighted by Crippen LogP contribution is 2.31. The molecule has 5 nitrogen and oxygen atoms in total. The number of hydrogen-bond acceptors (Lipinski definition) is 5. The van der Waals surface area contributed by atoms with Gasteiger partial charge in [-0.15, -0.1) is 0 Å². The molecule has 0 amide bonds. The molecule has 2 saturated heterocycles. The van der Waals surface area contributed by atoms with Crippen LogP contribution in [0.4, 0.5) is 0 Å². The highest BCUT2D eigenvalue weighted by Gasteiger charge is 2.38. The number of sulfone groups is 1. The fourth-order valence-electron chi connectivity index (χ4n) is 2.13. The van der Waals surface area contributed by atoms with Crippen molar-refractivity contribution in [2.75, 3.05) is 37.5 Å². The van der Waals surface area contributed by atoms with Crippen molar-refractivity contribution in [2.45, 2.75) is 24.8 Å². The van der Waals surface area contributed by atoms with Crippen LogP contribution in [0.25, 0.3) is 0 Å². The number of hydrogen-bond donors (Lipinski definition) is 1. The van der Waals surface area contributed by atoms with E-state index in [1.54, 1.807) is 11.8 Å². The summed E-state index contributed by atoms with van der Waals surface area (Å²) in [6, 6.07) is 0. The summed E-state index contributed by atoms with van der Waals surface area (Å²) < 4.78 is 27.3. The van der Waals surface area contributed by atoms with E-state index in [1.165, 1.54) is 6.26 Å². The Morgan fingerprint density at radius 2 is 2.17 bits per heavy atom. The smallest absolute Gasteiger partial charge is 0.157 e. The van der Waals surface area contributed by atoms with Gasteiger partial charge in [-0.3, -0.25) is 4.99 Å². The number of thioether (sulfide) groups is 1. The highest BCUT2D eigenvalue weighted by molar-refractivity contribution is 8.14. The van der Waals surface area contributed by atoms with Crippen LogP contribution in [0.15, 0.2) is 4.99 Å².